The molecule has 0 aliphatic carbocycles. The van der Waals surface area contributed by atoms with Gasteiger partial charge in [-0.05, 0) is 27.7 Å². The van der Waals surface area contributed by atoms with Crippen molar-refractivity contribution >= 4 is 21.8 Å². The van der Waals surface area contributed by atoms with Crippen LogP contribution in [0.25, 0.3) is 0 Å². The standard InChI is InChI=1S/C20H31N7O3S/c1-5-27-17(4)19(16(3)23-27)31(28,29)26-8-6-25(7-9-26)20-21-15(2)14-18(22-20)24-10-12-30-13-11-24/h14H,5-13H2,1-4H3. The maximum absolute atomic E-state index is 13.3. The molecule has 2 aromatic rings. The zero-order chi connectivity index (χ0) is 22.2. The summed E-state index contributed by atoms with van der Waals surface area (Å²) >= 11 is 0. The van der Waals surface area contributed by atoms with E-state index in [1.165, 1.54) is 0 Å². The van der Waals surface area contributed by atoms with Crippen molar-refractivity contribution in [2.24, 2.45) is 0 Å². The molecule has 0 N–H and O–H groups in total. The Morgan fingerprint density at radius 3 is 2.26 bits per heavy atom. The second-order valence-electron chi connectivity index (χ2n) is 7.97. The van der Waals surface area contributed by atoms with E-state index in [-0.39, 0.29) is 0 Å². The number of morpholine rings is 1. The van der Waals surface area contributed by atoms with Crippen molar-refractivity contribution in [2.45, 2.75) is 39.1 Å². The van der Waals surface area contributed by atoms with Gasteiger partial charge in [-0.3, -0.25) is 4.68 Å². The average Bonchev–Trinajstić information content (AvgIpc) is 3.07. The van der Waals surface area contributed by atoms with Crippen LogP contribution >= 0.6 is 0 Å². The van der Waals surface area contributed by atoms with E-state index < -0.39 is 10.0 Å². The van der Waals surface area contributed by atoms with Crippen molar-refractivity contribution in [3.05, 3.63) is 23.1 Å². The Hall–Kier alpha value is -2.24. The Bertz CT molecular complexity index is 1040. The van der Waals surface area contributed by atoms with Gasteiger partial charge in [0.1, 0.15) is 10.7 Å². The number of aromatic nitrogens is 4. The minimum atomic E-state index is -3.59. The summed E-state index contributed by atoms with van der Waals surface area (Å²) in [6.07, 6.45) is 0. The number of hydrogen-bond donors (Lipinski definition) is 0. The Kier molecular flexibility index (Phi) is 6.18. The summed E-state index contributed by atoms with van der Waals surface area (Å²) in [6.45, 7) is 13.0. The fourth-order valence-electron chi connectivity index (χ4n) is 4.25. The zero-order valence-corrected chi connectivity index (χ0v) is 19.5. The van der Waals surface area contributed by atoms with Gasteiger partial charge in [0.2, 0.25) is 16.0 Å². The number of rotatable bonds is 5. The lowest BCUT2D eigenvalue weighted by Gasteiger charge is -2.35. The van der Waals surface area contributed by atoms with Crippen molar-refractivity contribution in [2.75, 3.05) is 62.3 Å². The fraction of sp³-hybridized carbons (Fsp3) is 0.650. The average molecular weight is 450 g/mol. The molecule has 0 bridgehead atoms. The summed E-state index contributed by atoms with van der Waals surface area (Å²) in [4.78, 5) is 14.0. The minimum absolute atomic E-state index is 0.337. The van der Waals surface area contributed by atoms with E-state index in [4.69, 9.17) is 9.72 Å². The van der Waals surface area contributed by atoms with Gasteiger partial charge in [-0.2, -0.15) is 14.4 Å². The highest BCUT2D eigenvalue weighted by molar-refractivity contribution is 7.89. The molecule has 170 valence electrons. The molecule has 0 amide bonds. The van der Waals surface area contributed by atoms with E-state index in [2.05, 4.69) is 19.9 Å². The van der Waals surface area contributed by atoms with Crippen molar-refractivity contribution in [3.63, 3.8) is 0 Å². The highest BCUT2D eigenvalue weighted by Crippen LogP contribution is 2.26. The van der Waals surface area contributed by atoms with Crippen LogP contribution in [-0.2, 0) is 21.3 Å². The van der Waals surface area contributed by atoms with Gasteiger partial charge >= 0.3 is 0 Å². The van der Waals surface area contributed by atoms with E-state index in [1.54, 1.807) is 15.9 Å². The topological polar surface area (TPSA) is 96.7 Å². The third-order valence-electron chi connectivity index (χ3n) is 5.90. The summed E-state index contributed by atoms with van der Waals surface area (Å²) in [7, 11) is -3.59. The van der Waals surface area contributed by atoms with E-state index >= 15 is 0 Å². The van der Waals surface area contributed by atoms with Crippen molar-refractivity contribution < 1.29 is 13.2 Å². The van der Waals surface area contributed by atoms with Gasteiger partial charge in [-0.1, -0.05) is 0 Å². The lowest BCUT2D eigenvalue weighted by Crippen LogP contribution is -2.49. The van der Waals surface area contributed by atoms with Crippen LogP contribution in [0.3, 0.4) is 0 Å². The fourth-order valence-corrected chi connectivity index (χ4v) is 6.05. The van der Waals surface area contributed by atoms with Gasteiger partial charge in [0, 0.05) is 57.6 Å². The van der Waals surface area contributed by atoms with E-state index in [1.807, 2.05) is 26.8 Å². The predicted molar refractivity (Wildman–Crippen MR) is 118 cm³/mol. The molecule has 2 aliphatic rings. The van der Waals surface area contributed by atoms with Crippen LogP contribution in [0.5, 0.6) is 0 Å². The molecule has 4 heterocycles. The van der Waals surface area contributed by atoms with Gasteiger partial charge in [0.25, 0.3) is 0 Å². The van der Waals surface area contributed by atoms with E-state index in [0.717, 1.165) is 24.6 Å². The largest absolute Gasteiger partial charge is 0.378 e. The highest BCUT2D eigenvalue weighted by atomic mass is 32.2. The van der Waals surface area contributed by atoms with Crippen LogP contribution in [-0.4, -0.2) is 85.0 Å². The first-order valence-corrected chi connectivity index (χ1v) is 12.2. The minimum Gasteiger partial charge on any atom is -0.378 e. The number of hydrogen-bond acceptors (Lipinski definition) is 8. The quantitative estimate of drug-likeness (QED) is 0.666. The van der Waals surface area contributed by atoms with Crippen LogP contribution in [0.4, 0.5) is 11.8 Å². The number of piperazine rings is 1. The van der Waals surface area contributed by atoms with Gasteiger partial charge in [-0.25, -0.2) is 13.4 Å². The molecule has 0 saturated carbocycles. The Balaban J connectivity index is 1.50. The molecule has 10 nitrogen and oxygen atoms in total. The second kappa shape index (κ2) is 8.71. The number of nitrogens with zero attached hydrogens (tertiary/aromatic N) is 7. The first-order chi connectivity index (χ1) is 14.8. The molecule has 0 atom stereocenters. The molecule has 0 aromatic carbocycles. The van der Waals surface area contributed by atoms with Crippen LogP contribution in [0.2, 0.25) is 0 Å². The first-order valence-electron chi connectivity index (χ1n) is 10.8. The smallest absolute Gasteiger partial charge is 0.246 e. The third-order valence-corrected chi connectivity index (χ3v) is 8.05. The molecule has 31 heavy (non-hydrogen) atoms. The van der Waals surface area contributed by atoms with Crippen LogP contribution in [0.1, 0.15) is 24.0 Å². The zero-order valence-electron chi connectivity index (χ0n) is 18.7. The van der Waals surface area contributed by atoms with Crippen LogP contribution in [0, 0.1) is 20.8 Å². The summed E-state index contributed by atoms with van der Waals surface area (Å²) in [5.41, 5.74) is 2.15. The summed E-state index contributed by atoms with van der Waals surface area (Å²) in [6, 6.07) is 1.99. The molecule has 2 saturated heterocycles. The third kappa shape index (κ3) is 4.26. The Labute approximate surface area is 183 Å². The lowest BCUT2D eigenvalue weighted by molar-refractivity contribution is 0.122. The molecule has 0 radical (unpaired) electrons. The van der Waals surface area contributed by atoms with Crippen LogP contribution < -0.4 is 9.80 Å². The molecular weight excluding hydrogens is 418 g/mol. The molecule has 2 aliphatic heterocycles. The molecule has 11 heteroatoms. The molecular formula is C20H31N7O3S. The first kappa shape index (κ1) is 22.0. The summed E-state index contributed by atoms with van der Waals surface area (Å²) in [5, 5.41) is 4.38. The SMILES string of the molecule is CCn1nc(C)c(S(=O)(=O)N2CCN(c3nc(C)cc(N4CCOCC4)n3)CC2)c1C. The number of aryl methyl sites for hydroxylation is 3. The van der Waals surface area contributed by atoms with Gasteiger partial charge in [0.05, 0.1) is 24.6 Å². The normalized spacial score (nSPS) is 18.6. The van der Waals surface area contributed by atoms with Crippen molar-refractivity contribution in [1.29, 1.82) is 0 Å². The number of anilines is 2. The van der Waals surface area contributed by atoms with Gasteiger partial charge in [0.15, 0.2) is 0 Å². The lowest BCUT2D eigenvalue weighted by atomic mass is 10.3. The molecule has 4 rings (SSSR count). The predicted octanol–water partition coefficient (Wildman–Crippen LogP) is 0.966. The number of sulfonamides is 1. The van der Waals surface area contributed by atoms with Gasteiger partial charge < -0.3 is 14.5 Å². The maximum atomic E-state index is 13.3. The van der Waals surface area contributed by atoms with E-state index in [9.17, 15) is 8.42 Å². The van der Waals surface area contributed by atoms with E-state index in [0.29, 0.717) is 68.2 Å². The second-order valence-corrected chi connectivity index (χ2v) is 9.85. The summed E-state index contributed by atoms with van der Waals surface area (Å²) in [5.74, 6) is 1.56. The van der Waals surface area contributed by atoms with Crippen molar-refractivity contribution in [3.8, 4) is 0 Å². The molecule has 0 unspecified atom stereocenters. The summed E-state index contributed by atoms with van der Waals surface area (Å²) < 4.78 is 35.4. The van der Waals surface area contributed by atoms with Gasteiger partial charge in [-0.15, -0.1) is 0 Å². The maximum Gasteiger partial charge on any atom is 0.246 e. The monoisotopic (exact) mass is 449 g/mol. The molecule has 2 aromatic heterocycles. The highest BCUT2D eigenvalue weighted by Gasteiger charge is 2.33. The Morgan fingerprint density at radius 2 is 1.65 bits per heavy atom. The molecule has 0 spiro atoms. The Morgan fingerprint density at radius 1 is 0.968 bits per heavy atom. The molecule has 2 fully saturated rings. The van der Waals surface area contributed by atoms with Crippen LogP contribution in [0.15, 0.2) is 11.0 Å². The van der Waals surface area contributed by atoms with Crippen molar-refractivity contribution in [1.82, 2.24) is 24.1 Å². The number of ether oxygens (including phenoxy) is 1.